The first-order valence-corrected chi connectivity index (χ1v) is 4.42. The third-order valence-electron chi connectivity index (χ3n) is 1.76. The normalized spacial score (nSPS) is 9.93. The van der Waals surface area contributed by atoms with Crippen molar-refractivity contribution >= 4 is 5.97 Å². The highest BCUT2D eigenvalue weighted by atomic mass is 16.7. The van der Waals surface area contributed by atoms with E-state index in [9.17, 15) is 4.79 Å². The van der Waals surface area contributed by atoms with Crippen molar-refractivity contribution < 1.29 is 9.63 Å². The van der Waals surface area contributed by atoms with E-state index in [0.717, 1.165) is 10.4 Å². The van der Waals surface area contributed by atoms with Gasteiger partial charge in [0, 0.05) is 12.5 Å². The monoisotopic (exact) mass is 203 g/mol. The molecule has 0 N–H and O–H groups in total. The van der Waals surface area contributed by atoms with Crippen LogP contribution in [0, 0.1) is 0 Å². The number of rotatable bonds is 2. The van der Waals surface area contributed by atoms with Crippen LogP contribution in [0.15, 0.2) is 36.5 Å². The SMILES string of the molecule is CC(=O)On1cc(-c2ccccc2)nn1. The van der Waals surface area contributed by atoms with E-state index in [1.54, 1.807) is 6.20 Å². The molecule has 0 amide bonds. The van der Waals surface area contributed by atoms with Crippen LogP contribution in [0.1, 0.15) is 6.92 Å². The predicted octanol–water partition coefficient (Wildman–Crippen LogP) is 0.920. The van der Waals surface area contributed by atoms with E-state index in [-0.39, 0.29) is 0 Å². The maximum Gasteiger partial charge on any atom is 0.331 e. The topological polar surface area (TPSA) is 57.0 Å². The maximum absolute atomic E-state index is 10.6. The number of carbonyl (C=O) groups excluding carboxylic acids is 1. The molecule has 2 rings (SSSR count). The summed E-state index contributed by atoms with van der Waals surface area (Å²) < 4.78 is 0. The number of nitrogens with zero attached hydrogens (tertiary/aromatic N) is 3. The summed E-state index contributed by atoms with van der Waals surface area (Å²) in [4.78, 5) is 16.4. The molecule has 0 aliphatic rings. The summed E-state index contributed by atoms with van der Waals surface area (Å²) in [5.41, 5.74) is 1.59. The van der Waals surface area contributed by atoms with Crippen LogP contribution >= 0.6 is 0 Å². The molecule has 5 heteroatoms. The molecular formula is C10H9N3O2. The van der Waals surface area contributed by atoms with Crippen LogP contribution in [0.2, 0.25) is 0 Å². The fraction of sp³-hybridized carbons (Fsp3) is 0.100. The minimum atomic E-state index is -0.431. The van der Waals surface area contributed by atoms with Crippen LogP contribution in [0.5, 0.6) is 0 Å². The van der Waals surface area contributed by atoms with Gasteiger partial charge in [0.25, 0.3) is 0 Å². The minimum absolute atomic E-state index is 0.431. The largest absolute Gasteiger partial charge is 0.331 e. The zero-order valence-corrected chi connectivity index (χ0v) is 8.12. The zero-order valence-electron chi connectivity index (χ0n) is 8.12. The lowest BCUT2D eigenvalue weighted by atomic mass is 10.2. The molecule has 0 radical (unpaired) electrons. The molecule has 0 fully saturated rings. The van der Waals surface area contributed by atoms with Crippen molar-refractivity contribution in [2.45, 2.75) is 6.92 Å². The second-order valence-corrected chi connectivity index (χ2v) is 2.96. The molecule has 0 spiro atoms. The second kappa shape index (κ2) is 3.91. The lowest BCUT2D eigenvalue weighted by Gasteiger charge is -1.95. The molecule has 0 saturated carbocycles. The van der Waals surface area contributed by atoms with Crippen LogP contribution in [0.4, 0.5) is 0 Å². The van der Waals surface area contributed by atoms with Gasteiger partial charge in [-0.1, -0.05) is 35.2 Å². The second-order valence-electron chi connectivity index (χ2n) is 2.96. The maximum atomic E-state index is 10.6. The Morgan fingerprint density at radius 3 is 2.73 bits per heavy atom. The van der Waals surface area contributed by atoms with Crippen LogP contribution in [-0.2, 0) is 4.79 Å². The molecule has 5 nitrogen and oxygen atoms in total. The van der Waals surface area contributed by atoms with Gasteiger partial charge in [-0.2, -0.15) is 0 Å². The molecule has 1 aromatic carbocycles. The summed E-state index contributed by atoms with van der Waals surface area (Å²) in [6, 6.07) is 9.53. The summed E-state index contributed by atoms with van der Waals surface area (Å²) in [5.74, 6) is -0.431. The van der Waals surface area contributed by atoms with E-state index in [2.05, 4.69) is 10.3 Å². The van der Waals surface area contributed by atoms with E-state index < -0.39 is 5.97 Å². The Kier molecular flexibility index (Phi) is 2.45. The van der Waals surface area contributed by atoms with E-state index >= 15 is 0 Å². The van der Waals surface area contributed by atoms with Crippen molar-refractivity contribution in [1.82, 2.24) is 15.2 Å². The van der Waals surface area contributed by atoms with E-state index in [1.807, 2.05) is 30.3 Å². The van der Waals surface area contributed by atoms with Crippen LogP contribution in [0.25, 0.3) is 11.3 Å². The quantitative estimate of drug-likeness (QED) is 0.681. The summed E-state index contributed by atoms with van der Waals surface area (Å²) in [5, 5.41) is 7.53. The average Bonchev–Trinajstić information content (AvgIpc) is 2.67. The van der Waals surface area contributed by atoms with Gasteiger partial charge in [0.2, 0.25) is 0 Å². The van der Waals surface area contributed by atoms with Crippen molar-refractivity contribution in [2.24, 2.45) is 0 Å². The highest BCUT2D eigenvalue weighted by Gasteiger charge is 2.04. The number of carbonyl (C=O) groups is 1. The summed E-state index contributed by atoms with van der Waals surface area (Å²) >= 11 is 0. The fourth-order valence-electron chi connectivity index (χ4n) is 1.17. The smallest absolute Gasteiger partial charge is 0.318 e. The Balaban J connectivity index is 2.24. The third kappa shape index (κ3) is 2.19. The molecule has 0 aliphatic heterocycles. The summed E-state index contributed by atoms with van der Waals surface area (Å²) in [6.07, 6.45) is 1.55. The molecule has 0 unspecified atom stereocenters. The van der Waals surface area contributed by atoms with Crippen LogP contribution in [-0.4, -0.2) is 21.1 Å². The van der Waals surface area contributed by atoms with Gasteiger partial charge in [0.15, 0.2) is 0 Å². The van der Waals surface area contributed by atoms with Gasteiger partial charge in [0.05, 0.1) is 6.20 Å². The van der Waals surface area contributed by atoms with E-state index in [4.69, 9.17) is 4.84 Å². The molecule has 2 aromatic rings. The lowest BCUT2D eigenvalue weighted by molar-refractivity contribution is -0.143. The molecule has 76 valence electrons. The van der Waals surface area contributed by atoms with Gasteiger partial charge in [0.1, 0.15) is 5.69 Å². The van der Waals surface area contributed by atoms with Crippen LogP contribution < -0.4 is 4.84 Å². The zero-order chi connectivity index (χ0) is 10.7. The molecule has 0 bridgehead atoms. The number of hydrogen-bond donors (Lipinski definition) is 0. The molecule has 1 heterocycles. The highest BCUT2D eigenvalue weighted by molar-refractivity contribution is 5.66. The Morgan fingerprint density at radius 2 is 2.07 bits per heavy atom. The molecule has 0 aliphatic carbocycles. The number of aromatic nitrogens is 3. The van der Waals surface area contributed by atoms with Gasteiger partial charge in [-0.15, -0.1) is 5.10 Å². The van der Waals surface area contributed by atoms with Crippen molar-refractivity contribution in [1.29, 1.82) is 0 Å². The van der Waals surface area contributed by atoms with Crippen molar-refractivity contribution in [3.05, 3.63) is 36.5 Å². The first-order valence-electron chi connectivity index (χ1n) is 4.42. The van der Waals surface area contributed by atoms with Crippen molar-refractivity contribution in [3.63, 3.8) is 0 Å². The van der Waals surface area contributed by atoms with Gasteiger partial charge in [-0.25, -0.2) is 4.79 Å². The number of hydrogen-bond acceptors (Lipinski definition) is 4. The Hall–Kier alpha value is -2.17. The first-order chi connectivity index (χ1) is 7.25. The average molecular weight is 203 g/mol. The summed E-state index contributed by atoms with van der Waals surface area (Å²) in [6.45, 7) is 1.31. The van der Waals surface area contributed by atoms with Gasteiger partial charge < -0.3 is 4.84 Å². The van der Waals surface area contributed by atoms with Crippen molar-refractivity contribution in [3.8, 4) is 11.3 Å². The molecular weight excluding hydrogens is 194 g/mol. The van der Waals surface area contributed by atoms with E-state index in [0.29, 0.717) is 5.69 Å². The molecule has 15 heavy (non-hydrogen) atoms. The van der Waals surface area contributed by atoms with Crippen molar-refractivity contribution in [2.75, 3.05) is 0 Å². The standard InChI is InChI=1S/C10H9N3O2/c1-8(14)15-13-7-10(11-12-13)9-5-3-2-4-6-9/h2-7H,1H3. The van der Waals surface area contributed by atoms with Gasteiger partial charge >= 0.3 is 5.97 Å². The predicted molar refractivity (Wildman–Crippen MR) is 52.7 cm³/mol. The van der Waals surface area contributed by atoms with E-state index in [1.165, 1.54) is 6.92 Å². The minimum Gasteiger partial charge on any atom is -0.318 e. The molecule has 1 aromatic heterocycles. The van der Waals surface area contributed by atoms with Gasteiger partial charge in [-0.05, 0) is 5.21 Å². The van der Waals surface area contributed by atoms with Gasteiger partial charge in [-0.3, -0.25) is 0 Å². The lowest BCUT2D eigenvalue weighted by Crippen LogP contribution is -2.16. The third-order valence-corrected chi connectivity index (χ3v) is 1.76. The fourth-order valence-corrected chi connectivity index (χ4v) is 1.17. The summed E-state index contributed by atoms with van der Waals surface area (Å²) in [7, 11) is 0. The number of benzene rings is 1. The Morgan fingerprint density at radius 1 is 1.33 bits per heavy atom. The molecule has 0 atom stereocenters. The Labute approximate surface area is 86.2 Å². The highest BCUT2D eigenvalue weighted by Crippen LogP contribution is 2.14. The first kappa shape index (κ1) is 9.39. The van der Waals surface area contributed by atoms with Crippen LogP contribution in [0.3, 0.4) is 0 Å². The Bertz CT molecular complexity index is 465. The molecule has 0 saturated heterocycles.